The molecule has 0 aromatic heterocycles. The maximum Gasteiger partial charge on any atom is 0.0331 e. The topological polar surface area (TPSA) is 12.0 Å². The quantitative estimate of drug-likeness (QED) is 0.787. The fourth-order valence-electron chi connectivity index (χ4n) is 3.32. The van der Waals surface area contributed by atoms with Crippen LogP contribution in [0.1, 0.15) is 83.5 Å². The van der Waals surface area contributed by atoms with E-state index in [1.165, 1.54) is 24.8 Å². The fraction of sp³-hybridized carbons (Fsp3) is 0.684. The highest BCUT2D eigenvalue weighted by atomic mass is 14.9. The number of nitrogens with one attached hydrogen (secondary N) is 1. The molecule has 0 heterocycles. The van der Waals surface area contributed by atoms with Gasteiger partial charge in [-0.25, -0.2) is 0 Å². The van der Waals surface area contributed by atoms with Crippen molar-refractivity contribution in [2.75, 3.05) is 6.54 Å². The molecule has 0 amide bonds. The first-order valence-electron chi connectivity index (χ1n) is 8.20. The molecule has 1 nitrogen and oxygen atoms in total. The molecular formula is C19H31N. The molecule has 0 saturated carbocycles. The van der Waals surface area contributed by atoms with Crippen LogP contribution in [0.4, 0.5) is 0 Å². The molecule has 1 aliphatic rings. The highest BCUT2D eigenvalue weighted by Crippen LogP contribution is 2.45. The molecule has 112 valence electrons. The summed E-state index contributed by atoms with van der Waals surface area (Å²) in [6.45, 7) is 15.1. The molecule has 2 rings (SSSR count). The third-order valence-corrected chi connectivity index (χ3v) is 5.18. The Morgan fingerprint density at radius 3 is 2.55 bits per heavy atom. The fourth-order valence-corrected chi connectivity index (χ4v) is 3.32. The van der Waals surface area contributed by atoms with Crippen LogP contribution in [-0.4, -0.2) is 6.54 Å². The SMILES string of the molecule is CCCNC1CC(C)(C)c2ccc(C(C)(C)CC)cc21. The van der Waals surface area contributed by atoms with Crippen LogP contribution in [0, 0.1) is 0 Å². The van der Waals surface area contributed by atoms with Crippen LogP contribution in [0.25, 0.3) is 0 Å². The van der Waals surface area contributed by atoms with Crippen molar-refractivity contribution < 1.29 is 0 Å². The largest absolute Gasteiger partial charge is 0.310 e. The molecule has 1 heteroatoms. The molecular weight excluding hydrogens is 242 g/mol. The van der Waals surface area contributed by atoms with E-state index in [-0.39, 0.29) is 5.41 Å². The Bertz CT molecular complexity index is 471. The van der Waals surface area contributed by atoms with Gasteiger partial charge in [0, 0.05) is 6.04 Å². The Morgan fingerprint density at radius 1 is 1.25 bits per heavy atom. The third-order valence-electron chi connectivity index (χ3n) is 5.18. The first kappa shape index (κ1) is 15.6. The molecule has 1 N–H and O–H groups in total. The van der Waals surface area contributed by atoms with Gasteiger partial charge in [-0.3, -0.25) is 0 Å². The van der Waals surface area contributed by atoms with Gasteiger partial charge in [-0.15, -0.1) is 0 Å². The molecule has 1 atom stereocenters. The molecule has 0 aliphatic heterocycles. The van der Waals surface area contributed by atoms with E-state index in [4.69, 9.17) is 0 Å². The molecule has 0 bridgehead atoms. The molecule has 20 heavy (non-hydrogen) atoms. The van der Waals surface area contributed by atoms with Gasteiger partial charge in [0.05, 0.1) is 0 Å². The highest BCUT2D eigenvalue weighted by molar-refractivity contribution is 5.45. The Kier molecular flexibility index (Phi) is 4.30. The summed E-state index contributed by atoms with van der Waals surface area (Å²) in [5.41, 5.74) is 5.15. The van der Waals surface area contributed by atoms with Crippen molar-refractivity contribution in [2.24, 2.45) is 0 Å². The minimum absolute atomic E-state index is 0.275. The van der Waals surface area contributed by atoms with E-state index in [2.05, 4.69) is 65.1 Å². The van der Waals surface area contributed by atoms with E-state index in [0.29, 0.717) is 11.5 Å². The second kappa shape index (κ2) is 5.52. The monoisotopic (exact) mass is 273 g/mol. The second-order valence-electron chi connectivity index (χ2n) is 7.63. The third kappa shape index (κ3) is 2.79. The van der Waals surface area contributed by atoms with Gasteiger partial charge in [0.25, 0.3) is 0 Å². The Labute approximate surface area is 125 Å². The van der Waals surface area contributed by atoms with E-state index >= 15 is 0 Å². The number of fused-ring (bicyclic) bond motifs is 1. The predicted octanol–water partition coefficient (Wildman–Crippen LogP) is 5.10. The average molecular weight is 273 g/mol. The summed E-state index contributed by atoms with van der Waals surface area (Å²) in [5.74, 6) is 0. The van der Waals surface area contributed by atoms with Crippen LogP contribution in [0.2, 0.25) is 0 Å². The van der Waals surface area contributed by atoms with Crippen molar-refractivity contribution in [1.82, 2.24) is 5.32 Å². The van der Waals surface area contributed by atoms with Gasteiger partial charge in [0.15, 0.2) is 0 Å². The molecule has 1 aromatic carbocycles. The molecule has 1 aromatic rings. The standard InChI is InChI=1S/C19H31N/c1-7-11-20-17-13-19(5,6)16-10-9-14(12-15(16)17)18(3,4)8-2/h9-10,12,17,20H,7-8,11,13H2,1-6H3. The summed E-state index contributed by atoms with van der Waals surface area (Å²) in [5, 5.41) is 3.74. The summed E-state index contributed by atoms with van der Waals surface area (Å²) in [4.78, 5) is 0. The van der Waals surface area contributed by atoms with Gasteiger partial charge >= 0.3 is 0 Å². The Hall–Kier alpha value is -0.820. The van der Waals surface area contributed by atoms with Crippen LogP contribution in [0.3, 0.4) is 0 Å². The normalized spacial score (nSPS) is 21.0. The zero-order chi connectivity index (χ0) is 15.0. The number of benzene rings is 1. The van der Waals surface area contributed by atoms with Crippen molar-refractivity contribution in [1.29, 1.82) is 0 Å². The van der Waals surface area contributed by atoms with Gasteiger partial charge in [0.1, 0.15) is 0 Å². The minimum atomic E-state index is 0.275. The molecule has 1 unspecified atom stereocenters. The Balaban J connectivity index is 2.39. The summed E-state index contributed by atoms with van der Waals surface area (Å²) < 4.78 is 0. The smallest absolute Gasteiger partial charge is 0.0331 e. The van der Waals surface area contributed by atoms with Crippen LogP contribution < -0.4 is 5.32 Å². The lowest BCUT2D eigenvalue weighted by Gasteiger charge is -2.25. The lowest BCUT2D eigenvalue weighted by molar-refractivity contribution is 0.427. The van der Waals surface area contributed by atoms with Crippen LogP contribution >= 0.6 is 0 Å². The first-order valence-corrected chi connectivity index (χ1v) is 8.20. The molecule has 0 radical (unpaired) electrons. The van der Waals surface area contributed by atoms with Crippen LogP contribution in [-0.2, 0) is 10.8 Å². The zero-order valence-electron chi connectivity index (χ0n) is 14.1. The highest BCUT2D eigenvalue weighted by Gasteiger charge is 2.37. The number of rotatable bonds is 5. The van der Waals surface area contributed by atoms with E-state index in [1.54, 1.807) is 11.1 Å². The van der Waals surface area contributed by atoms with Gasteiger partial charge in [-0.05, 0) is 53.3 Å². The predicted molar refractivity (Wildman–Crippen MR) is 88.4 cm³/mol. The van der Waals surface area contributed by atoms with E-state index in [0.717, 1.165) is 6.54 Å². The number of hydrogen-bond acceptors (Lipinski definition) is 1. The maximum atomic E-state index is 3.74. The van der Waals surface area contributed by atoms with Crippen molar-refractivity contribution in [3.8, 4) is 0 Å². The minimum Gasteiger partial charge on any atom is -0.310 e. The molecule has 0 spiro atoms. The summed E-state index contributed by atoms with van der Waals surface area (Å²) in [7, 11) is 0. The van der Waals surface area contributed by atoms with Crippen LogP contribution in [0.5, 0.6) is 0 Å². The van der Waals surface area contributed by atoms with Gasteiger partial charge in [-0.1, -0.05) is 59.7 Å². The van der Waals surface area contributed by atoms with E-state index in [9.17, 15) is 0 Å². The summed E-state index contributed by atoms with van der Waals surface area (Å²) >= 11 is 0. The van der Waals surface area contributed by atoms with E-state index in [1.807, 2.05) is 0 Å². The van der Waals surface area contributed by atoms with Gasteiger partial charge in [0.2, 0.25) is 0 Å². The Morgan fingerprint density at radius 2 is 1.95 bits per heavy atom. The number of hydrogen-bond donors (Lipinski definition) is 1. The average Bonchev–Trinajstić information content (AvgIpc) is 2.67. The lowest BCUT2D eigenvalue weighted by atomic mass is 9.79. The van der Waals surface area contributed by atoms with Crippen molar-refractivity contribution in [3.63, 3.8) is 0 Å². The van der Waals surface area contributed by atoms with Gasteiger partial charge < -0.3 is 5.32 Å². The molecule has 0 fully saturated rings. The van der Waals surface area contributed by atoms with Crippen LogP contribution in [0.15, 0.2) is 18.2 Å². The zero-order valence-corrected chi connectivity index (χ0v) is 14.1. The first-order chi connectivity index (χ1) is 9.31. The van der Waals surface area contributed by atoms with Crippen molar-refractivity contribution in [2.45, 2.75) is 77.7 Å². The van der Waals surface area contributed by atoms with Crippen molar-refractivity contribution >= 4 is 0 Å². The molecule has 1 aliphatic carbocycles. The summed E-state index contributed by atoms with van der Waals surface area (Å²) in [6.07, 6.45) is 3.60. The summed E-state index contributed by atoms with van der Waals surface area (Å²) in [6, 6.07) is 7.75. The van der Waals surface area contributed by atoms with E-state index < -0.39 is 0 Å². The maximum absolute atomic E-state index is 3.74. The lowest BCUT2D eigenvalue weighted by Crippen LogP contribution is -2.22. The van der Waals surface area contributed by atoms with Crippen molar-refractivity contribution in [3.05, 3.63) is 34.9 Å². The second-order valence-corrected chi connectivity index (χ2v) is 7.63. The molecule has 0 saturated heterocycles. The van der Waals surface area contributed by atoms with Gasteiger partial charge in [-0.2, -0.15) is 0 Å².